The number of hydrogen-bond donors (Lipinski definition) is 2. The topological polar surface area (TPSA) is 36.4 Å². The zero-order valence-electron chi connectivity index (χ0n) is 10.2. The van der Waals surface area contributed by atoms with Gasteiger partial charge in [-0.25, -0.2) is 0 Å². The first-order valence-electron chi connectivity index (χ1n) is 6.43. The van der Waals surface area contributed by atoms with Gasteiger partial charge in [-0.2, -0.15) is 0 Å². The molecule has 2 aliphatic carbocycles. The number of rotatable bonds is 4. The molecule has 4 heteroatoms. The van der Waals surface area contributed by atoms with Gasteiger partial charge in [0.1, 0.15) is 0 Å². The van der Waals surface area contributed by atoms with Crippen molar-refractivity contribution in [2.75, 3.05) is 13.1 Å². The lowest BCUT2D eigenvalue weighted by molar-refractivity contribution is 0.612. The number of nitrogens with one attached hydrogen (secondary N) is 2. The Labute approximate surface area is 116 Å². The predicted molar refractivity (Wildman–Crippen MR) is 79.5 cm³/mol. The molecule has 0 unspecified atom stereocenters. The van der Waals surface area contributed by atoms with Crippen LogP contribution in [0.15, 0.2) is 4.99 Å². The molecule has 0 atom stereocenters. The van der Waals surface area contributed by atoms with Gasteiger partial charge in [-0.15, -0.1) is 24.0 Å². The highest BCUT2D eigenvalue weighted by atomic mass is 127. The molecule has 0 radical (unpaired) electrons. The minimum Gasteiger partial charge on any atom is -0.357 e. The van der Waals surface area contributed by atoms with Gasteiger partial charge in [0.05, 0.1) is 0 Å². The summed E-state index contributed by atoms with van der Waals surface area (Å²) in [5.74, 6) is 1.92. The zero-order chi connectivity index (χ0) is 10.5. The maximum absolute atomic E-state index is 4.63. The first kappa shape index (κ1) is 14.1. The van der Waals surface area contributed by atoms with Crippen LogP contribution in [-0.4, -0.2) is 25.1 Å². The van der Waals surface area contributed by atoms with Crippen molar-refractivity contribution in [2.24, 2.45) is 10.9 Å². The van der Waals surface area contributed by atoms with Crippen molar-refractivity contribution in [3.8, 4) is 0 Å². The Hall–Kier alpha value is 0. The first-order chi connectivity index (χ1) is 7.38. The molecule has 0 heterocycles. The second kappa shape index (κ2) is 7.35. The van der Waals surface area contributed by atoms with Crippen molar-refractivity contribution < 1.29 is 0 Å². The summed E-state index contributed by atoms with van der Waals surface area (Å²) in [5.41, 5.74) is 0. The third-order valence-electron chi connectivity index (χ3n) is 3.24. The predicted octanol–water partition coefficient (Wildman–Crippen LogP) is 2.51. The summed E-state index contributed by atoms with van der Waals surface area (Å²) < 4.78 is 0. The highest BCUT2D eigenvalue weighted by molar-refractivity contribution is 14.0. The summed E-state index contributed by atoms with van der Waals surface area (Å²) in [5, 5.41) is 6.87. The lowest BCUT2D eigenvalue weighted by Gasteiger charge is -2.16. The molecule has 0 spiro atoms. The van der Waals surface area contributed by atoms with Crippen LogP contribution in [-0.2, 0) is 0 Å². The van der Waals surface area contributed by atoms with Gasteiger partial charge in [0, 0.05) is 19.1 Å². The molecule has 0 aromatic heterocycles. The lowest BCUT2D eigenvalue weighted by Crippen LogP contribution is -2.42. The maximum Gasteiger partial charge on any atom is 0.191 e. The fourth-order valence-electron chi connectivity index (χ4n) is 2.10. The molecule has 16 heavy (non-hydrogen) atoms. The Morgan fingerprint density at radius 1 is 1.19 bits per heavy atom. The zero-order valence-corrected chi connectivity index (χ0v) is 12.5. The molecule has 2 rings (SSSR count). The molecule has 2 aliphatic rings. The third-order valence-corrected chi connectivity index (χ3v) is 3.24. The van der Waals surface area contributed by atoms with E-state index in [1.807, 2.05) is 0 Å². The molecular formula is C12H24IN3. The van der Waals surface area contributed by atoms with Crippen LogP contribution in [0.25, 0.3) is 0 Å². The third kappa shape index (κ3) is 4.89. The summed E-state index contributed by atoms with van der Waals surface area (Å²) in [7, 11) is 0. The van der Waals surface area contributed by atoms with Crippen molar-refractivity contribution in [3.05, 3.63) is 0 Å². The standard InChI is InChI=1S/C12H23N3.HI/c1-2-13-12(14-9-10-7-8-10)15-11-5-3-4-6-11;/h10-11H,2-9H2,1H3,(H2,13,14,15);1H. The molecule has 0 aromatic rings. The lowest BCUT2D eigenvalue weighted by atomic mass is 10.2. The van der Waals surface area contributed by atoms with Crippen molar-refractivity contribution in [1.82, 2.24) is 10.6 Å². The Balaban J connectivity index is 0.00000128. The van der Waals surface area contributed by atoms with Gasteiger partial charge in [-0.3, -0.25) is 4.99 Å². The molecule has 3 nitrogen and oxygen atoms in total. The van der Waals surface area contributed by atoms with Crippen molar-refractivity contribution in [1.29, 1.82) is 0 Å². The van der Waals surface area contributed by atoms with Crippen LogP contribution < -0.4 is 10.6 Å². The average molecular weight is 337 g/mol. The molecule has 94 valence electrons. The summed E-state index contributed by atoms with van der Waals surface area (Å²) in [6.45, 7) is 4.11. The fraction of sp³-hybridized carbons (Fsp3) is 0.917. The largest absolute Gasteiger partial charge is 0.357 e. The van der Waals surface area contributed by atoms with Crippen molar-refractivity contribution in [3.63, 3.8) is 0 Å². The summed E-state index contributed by atoms with van der Waals surface area (Å²) in [4.78, 5) is 4.63. The van der Waals surface area contributed by atoms with E-state index in [2.05, 4.69) is 22.5 Å². The number of aliphatic imine (C=N–C) groups is 1. The fourth-order valence-corrected chi connectivity index (χ4v) is 2.10. The number of nitrogens with zero attached hydrogens (tertiary/aromatic N) is 1. The summed E-state index contributed by atoms with van der Waals surface area (Å²) >= 11 is 0. The van der Waals surface area contributed by atoms with Gasteiger partial charge < -0.3 is 10.6 Å². The quantitative estimate of drug-likeness (QED) is 0.470. The average Bonchev–Trinajstić information content (AvgIpc) is 2.93. The van der Waals surface area contributed by atoms with E-state index in [4.69, 9.17) is 0 Å². The van der Waals surface area contributed by atoms with Gasteiger partial charge in [0.2, 0.25) is 0 Å². The van der Waals surface area contributed by atoms with Crippen LogP contribution in [0.2, 0.25) is 0 Å². The van der Waals surface area contributed by atoms with Crippen LogP contribution in [0, 0.1) is 5.92 Å². The Morgan fingerprint density at radius 3 is 2.44 bits per heavy atom. The molecule has 0 aromatic carbocycles. The molecule has 0 aliphatic heterocycles. The number of guanidine groups is 1. The molecule has 0 amide bonds. The first-order valence-corrected chi connectivity index (χ1v) is 6.43. The van der Waals surface area contributed by atoms with Gasteiger partial charge >= 0.3 is 0 Å². The van der Waals surface area contributed by atoms with Crippen LogP contribution in [0.5, 0.6) is 0 Å². The van der Waals surface area contributed by atoms with E-state index < -0.39 is 0 Å². The highest BCUT2D eigenvalue weighted by Gasteiger charge is 2.21. The number of halogens is 1. The normalized spacial score (nSPS) is 21.7. The molecule has 2 fully saturated rings. The Bertz CT molecular complexity index is 220. The van der Waals surface area contributed by atoms with E-state index >= 15 is 0 Å². The van der Waals surface area contributed by atoms with Crippen LogP contribution in [0.4, 0.5) is 0 Å². The van der Waals surface area contributed by atoms with Gasteiger partial charge in [0.25, 0.3) is 0 Å². The molecule has 0 saturated heterocycles. The van der Waals surface area contributed by atoms with Crippen LogP contribution in [0.1, 0.15) is 45.4 Å². The summed E-state index contributed by atoms with van der Waals surface area (Å²) in [6, 6.07) is 0.669. The van der Waals surface area contributed by atoms with Gasteiger partial charge in [-0.1, -0.05) is 12.8 Å². The number of hydrogen-bond acceptors (Lipinski definition) is 1. The minimum absolute atomic E-state index is 0. The van der Waals surface area contributed by atoms with E-state index in [-0.39, 0.29) is 24.0 Å². The van der Waals surface area contributed by atoms with E-state index in [1.54, 1.807) is 0 Å². The Kier molecular flexibility index (Phi) is 6.46. The van der Waals surface area contributed by atoms with E-state index in [1.165, 1.54) is 38.5 Å². The summed E-state index contributed by atoms with van der Waals surface area (Å²) in [6.07, 6.45) is 8.14. The van der Waals surface area contributed by atoms with Crippen LogP contribution in [0.3, 0.4) is 0 Å². The minimum atomic E-state index is 0. The smallest absolute Gasteiger partial charge is 0.191 e. The maximum atomic E-state index is 4.63. The highest BCUT2D eigenvalue weighted by Crippen LogP contribution is 2.28. The molecule has 2 N–H and O–H groups in total. The second-order valence-corrected chi connectivity index (χ2v) is 4.79. The van der Waals surface area contributed by atoms with Crippen molar-refractivity contribution in [2.45, 2.75) is 51.5 Å². The van der Waals surface area contributed by atoms with E-state index in [0.29, 0.717) is 6.04 Å². The Morgan fingerprint density at radius 2 is 1.88 bits per heavy atom. The molecule has 2 saturated carbocycles. The monoisotopic (exact) mass is 337 g/mol. The van der Waals surface area contributed by atoms with Crippen LogP contribution >= 0.6 is 24.0 Å². The molecular weight excluding hydrogens is 313 g/mol. The van der Waals surface area contributed by atoms with Crippen molar-refractivity contribution >= 4 is 29.9 Å². The van der Waals surface area contributed by atoms with E-state index in [0.717, 1.165) is 25.0 Å². The second-order valence-electron chi connectivity index (χ2n) is 4.79. The van der Waals surface area contributed by atoms with Gasteiger partial charge in [-0.05, 0) is 38.5 Å². The van der Waals surface area contributed by atoms with E-state index in [9.17, 15) is 0 Å². The SMILES string of the molecule is CCNC(=NCC1CC1)NC1CCCC1.I. The molecule has 0 bridgehead atoms. The van der Waals surface area contributed by atoms with Gasteiger partial charge in [0.15, 0.2) is 5.96 Å².